The summed E-state index contributed by atoms with van der Waals surface area (Å²) >= 11 is 0.511. The average molecular weight is 238 g/mol. The number of carbonyl (C=O) groups is 1. The lowest BCUT2D eigenvalue weighted by molar-refractivity contribution is -0.134. The van der Waals surface area contributed by atoms with E-state index in [1.807, 2.05) is 0 Å². The molecule has 0 aliphatic heterocycles. The van der Waals surface area contributed by atoms with Crippen molar-refractivity contribution in [3.8, 4) is 0 Å². The van der Waals surface area contributed by atoms with Crippen LogP contribution in [-0.4, -0.2) is 12.6 Å². The molecule has 6 heteroatoms. The van der Waals surface area contributed by atoms with E-state index in [4.69, 9.17) is 0 Å². The highest BCUT2D eigenvalue weighted by Crippen LogP contribution is 2.38. The zero-order valence-corrected chi connectivity index (χ0v) is 8.96. The first-order chi connectivity index (χ1) is 6.88. The number of carbonyl (C=O) groups excluding carboxylic acids is 1. The highest BCUT2D eigenvalue weighted by atomic mass is 32.1. The van der Waals surface area contributed by atoms with Crippen LogP contribution in [0, 0.1) is 6.92 Å². The van der Waals surface area contributed by atoms with Gasteiger partial charge in [0, 0.05) is 0 Å². The quantitative estimate of drug-likeness (QED) is 0.739. The monoisotopic (exact) mass is 238 g/mol. The standard InChI is InChI=1S/C9H9F3O2S/c1-3-14-8(13)6-5(2)4-15-7(6)9(10,11)12/h4H,3H2,1-2H3. The van der Waals surface area contributed by atoms with Gasteiger partial charge in [0.2, 0.25) is 0 Å². The van der Waals surface area contributed by atoms with Gasteiger partial charge in [0.05, 0.1) is 12.2 Å². The Labute approximate surface area is 88.7 Å². The highest BCUT2D eigenvalue weighted by Gasteiger charge is 2.38. The van der Waals surface area contributed by atoms with Crippen LogP contribution in [-0.2, 0) is 10.9 Å². The summed E-state index contributed by atoms with van der Waals surface area (Å²) in [4.78, 5) is 10.4. The van der Waals surface area contributed by atoms with Gasteiger partial charge in [-0.05, 0) is 24.8 Å². The van der Waals surface area contributed by atoms with Crippen LogP contribution in [0.15, 0.2) is 5.38 Å². The molecule has 0 aliphatic rings. The minimum atomic E-state index is -4.50. The molecule has 0 spiro atoms. The number of rotatable bonds is 2. The predicted molar refractivity (Wildman–Crippen MR) is 50.0 cm³/mol. The number of alkyl halides is 3. The number of esters is 1. The predicted octanol–water partition coefficient (Wildman–Crippen LogP) is 3.25. The van der Waals surface area contributed by atoms with Crippen molar-refractivity contribution >= 4 is 17.3 Å². The third kappa shape index (κ3) is 2.50. The Balaban J connectivity index is 3.16. The van der Waals surface area contributed by atoms with Crippen LogP contribution in [0.5, 0.6) is 0 Å². The number of hydrogen-bond donors (Lipinski definition) is 0. The first-order valence-corrected chi connectivity index (χ1v) is 5.08. The minimum absolute atomic E-state index is 0.0609. The van der Waals surface area contributed by atoms with Crippen LogP contribution in [0.1, 0.15) is 27.7 Å². The van der Waals surface area contributed by atoms with E-state index in [1.54, 1.807) is 6.92 Å². The Hall–Kier alpha value is -1.04. The molecule has 0 unspecified atom stereocenters. The van der Waals surface area contributed by atoms with E-state index in [1.165, 1.54) is 12.3 Å². The largest absolute Gasteiger partial charge is 0.462 e. The maximum absolute atomic E-state index is 12.5. The summed E-state index contributed by atoms with van der Waals surface area (Å²) in [5.41, 5.74) is -0.0693. The molecule has 0 bridgehead atoms. The molecule has 84 valence electrons. The second-order valence-electron chi connectivity index (χ2n) is 2.84. The lowest BCUT2D eigenvalue weighted by atomic mass is 10.1. The Kier molecular flexibility index (Phi) is 3.38. The summed E-state index contributed by atoms with van der Waals surface area (Å²) in [6.07, 6.45) is -4.50. The Bertz CT molecular complexity index is 368. The van der Waals surface area contributed by atoms with Crippen LogP contribution >= 0.6 is 11.3 Å². The molecule has 0 saturated heterocycles. The summed E-state index contributed by atoms with van der Waals surface area (Å²) in [6.45, 7) is 3.07. The number of halogens is 3. The van der Waals surface area contributed by atoms with E-state index in [2.05, 4.69) is 4.74 Å². The maximum Gasteiger partial charge on any atom is 0.426 e. The second kappa shape index (κ2) is 4.22. The Morgan fingerprint density at radius 2 is 2.13 bits per heavy atom. The van der Waals surface area contributed by atoms with Gasteiger partial charge in [-0.25, -0.2) is 4.79 Å². The Morgan fingerprint density at radius 3 is 2.60 bits per heavy atom. The van der Waals surface area contributed by atoms with E-state index in [0.717, 1.165) is 0 Å². The first-order valence-electron chi connectivity index (χ1n) is 4.20. The van der Waals surface area contributed by atoms with E-state index in [9.17, 15) is 18.0 Å². The topological polar surface area (TPSA) is 26.3 Å². The van der Waals surface area contributed by atoms with Crippen molar-refractivity contribution in [1.29, 1.82) is 0 Å². The molecular weight excluding hydrogens is 229 g/mol. The van der Waals surface area contributed by atoms with Crippen molar-refractivity contribution in [3.63, 3.8) is 0 Å². The second-order valence-corrected chi connectivity index (χ2v) is 3.72. The summed E-state index contributed by atoms with van der Waals surface area (Å²) < 4.78 is 42.0. The molecular formula is C9H9F3O2S. The molecule has 0 saturated carbocycles. The summed E-state index contributed by atoms with van der Waals surface area (Å²) in [5.74, 6) is -0.913. The number of ether oxygens (including phenoxy) is 1. The molecule has 1 aromatic rings. The summed E-state index contributed by atoms with van der Waals surface area (Å²) in [6, 6.07) is 0. The van der Waals surface area contributed by atoms with Gasteiger partial charge in [-0.2, -0.15) is 13.2 Å². The van der Waals surface area contributed by atoms with E-state index >= 15 is 0 Å². The van der Waals surface area contributed by atoms with Gasteiger partial charge in [0.1, 0.15) is 4.88 Å². The molecule has 0 aromatic carbocycles. The van der Waals surface area contributed by atoms with Gasteiger partial charge in [-0.1, -0.05) is 0 Å². The summed E-state index contributed by atoms with van der Waals surface area (Å²) in [5, 5.41) is 1.30. The summed E-state index contributed by atoms with van der Waals surface area (Å²) in [7, 11) is 0. The van der Waals surface area contributed by atoms with Crippen molar-refractivity contribution in [2.45, 2.75) is 20.0 Å². The molecule has 1 rings (SSSR count). The lowest BCUT2D eigenvalue weighted by Crippen LogP contribution is -2.13. The van der Waals surface area contributed by atoms with Crippen molar-refractivity contribution < 1.29 is 22.7 Å². The third-order valence-corrected chi connectivity index (χ3v) is 2.85. The SMILES string of the molecule is CCOC(=O)c1c(C)csc1C(F)(F)F. The van der Waals surface area contributed by atoms with Gasteiger partial charge in [-0.15, -0.1) is 11.3 Å². The van der Waals surface area contributed by atoms with Crippen molar-refractivity contribution in [3.05, 3.63) is 21.4 Å². The van der Waals surface area contributed by atoms with Gasteiger partial charge in [-0.3, -0.25) is 0 Å². The van der Waals surface area contributed by atoms with Gasteiger partial charge in [0.25, 0.3) is 0 Å². The smallest absolute Gasteiger partial charge is 0.426 e. The van der Waals surface area contributed by atoms with Crippen LogP contribution in [0.25, 0.3) is 0 Å². The molecule has 15 heavy (non-hydrogen) atoms. The average Bonchev–Trinajstić information content (AvgIpc) is 2.46. The van der Waals surface area contributed by atoms with Crippen molar-refractivity contribution in [2.24, 2.45) is 0 Å². The zero-order valence-electron chi connectivity index (χ0n) is 8.14. The van der Waals surface area contributed by atoms with E-state index in [0.29, 0.717) is 16.9 Å². The molecule has 0 atom stereocenters. The number of thiophene rings is 1. The molecule has 0 fully saturated rings. The fraction of sp³-hybridized carbons (Fsp3) is 0.444. The fourth-order valence-electron chi connectivity index (χ4n) is 1.11. The van der Waals surface area contributed by atoms with E-state index in [-0.39, 0.29) is 12.2 Å². The van der Waals surface area contributed by atoms with Crippen LogP contribution in [0.3, 0.4) is 0 Å². The molecule has 0 amide bonds. The molecule has 0 radical (unpaired) electrons. The minimum Gasteiger partial charge on any atom is -0.462 e. The number of hydrogen-bond acceptors (Lipinski definition) is 3. The Morgan fingerprint density at radius 1 is 1.53 bits per heavy atom. The van der Waals surface area contributed by atoms with Gasteiger partial charge in [0.15, 0.2) is 0 Å². The van der Waals surface area contributed by atoms with Crippen LogP contribution in [0.4, 0.5) is 13.2 Å². The molecule has 2 nitrogen and oxygen atoms in total. The fourth-order valence-corrected chi connectivity index (χ4v) is 2.02. The normalized spacial score (nSPS) is 11.5. The maximum atomic E-state index is 12.5. The van der Waals surface area contributed by atoms with Crippen LogP contribution < -0.4 is 0 Å². The third-order valence-electron chi connectivity index (χ3n) is 1.71. The van der Waals surface area contributed by atoms with Gasteiger partial charge < -0.3 is 4.74 Å². The molecule has 0 aliphatic carbocycles. The lowest BCUT2D eigenvalue weighted by Gasteiger charge is -2.07. The highest BCUT2D eigenvalue weighted by molar-refractivity contribution is 7.10. The number of aryl methyl sites for hydroxylation is 1. The van der Waals surface area contributed by atoms with Crippen LogP contribution in [0.2, 0.25) is 0 Å². The first kappa shape index (κ1) is 12.0. The van der Waals surface area contributed by atoms with Crippen molar-refractivity contribution in [1.82, 2.24) is 0 Å². The molecule has 1 aromatic heterocycles. The van der Waals surface area contributed by atoms with E-state index < -0.39 is 17.0 Å². The van der Waals surface area contributed by atoms with Gasteiger partial charge >= 0.3 is 12.1 Å². The molecule has 1 heterocycles. The van der Waals surface area contributed by atoms with Crippen molar-refractivity contribution in [2.75, 3.05) is 6.61 Å². The zero-order chi connectivity index (χ0) is 11.6. The molecule has 0 N–H and O–H groups in total.